The van der Waals surface area contributed by atoms with Gasteiger partial charge in [-0.05, 0) is 43.7 Å². The van der Waals surface area contributed by atoms with Gasteiger partial charge in [0.15, 0.2) is 0 Å². The predicted molar refractivity (Wildman–Crippen MR) is 76.9 cm³/mol. The second-order valence-corrected chi connectivity index (χ2v) is 5.57. The van der Waals surface area contributed by atoms with Gasteiger partial charge in [0.25, 0.3) is 0 Å². The fraction of sp³-hybridized carbons (Fsp3) is 0.529. The van der Waals surface area contributed by atoms with Gasteiger partial charge in [-0.3, -0.25) is 0 Å². The summed E-state index contributed by atoms with van der Waals surface area (Å²) in [7, 11) is 0. The average molecular weight is 244 g/mol. The maximum atomic E-state index is 5.69. The Balaban J connectivity index is 1.70. The first-order valence-electron chi connectivity index (χ1n) is 7.10. The van der Waals surface area contributed by atoms with Gasteiger partial charge in [0.2, 0.25) is 0 Å². The number of ether oxygens (including phenoxy) is 1. The maximum Gasteiger partial charge on any atom is 0.119 e. The van der Waals surface area contributed by atoms with Gasteiger partial charge in [-0.1, -0.05) is 49.6 Å². The molecule has 0 aromatic heterocycles. The molecule has 0 N–H and O–H groups in total. The van der Waals surface area contributed by atoms with Crippen molar-refractivity contribution in [3.05, 3.63) is 42.0 Å². The molecule has 1 saturated carbocycles. The van der Waals surface area contributed by atoms with Crippen LogP contribution in [0.3, 0.4) is 0 Å². The van der Waals surface area contributed by atoms with E-state index in [9.17, 15) is 0 Å². The van der Waals surface area contributed by atoms with Crippen molar-refractivity contribution in [3.8, 4) is 5.75 Å². The lowest BCUT2D eigenvalue weighted by Crippen LogP contribution is -2.10. The average Bonchev–Trinajstić information content (AvgIpc) is 2.39. The van der Waals surface area contributed by atoms with Gasteiger partial charge >= 0.3 is 0 Å². The molecule has 0 aliphatic heterocycles. The van der Waals surface area contributed by atoms with E-state index in [1.54, 1.807) is 0 Å². The van der Waals surface area contributed by atoms with E-state index in [1.165, 1.54) is 31.2 Å². The van der Waals surface area contributed by atoms with Crippen molar-refractivity contribution >= 4 is 0 Å². The van der Waals surface area contributed by atoms with Crippen LogP contribution < -0.4 is 4.74 Å². The van der Waals surface area contributed by atoms with Crippen molar-refractivity contribution in [1.82, 2.24) is 0 Å². The Bertz CT molecular complexity index is 369. The quantitative estimate of drug-likeness (QED) is 0.694. The minimum atomic E-state index is 0.690. The van der Waals surface area contributed by atoms with E-state index < -0.39 is 0 Å². The Kier molecular flexibility index (Phi) is 4.86. The number of hydrogen-bond acceptors (Lipinski definition) is 1. The van der Waals surface area contributed by atoms with E-state index in [4.69, 9.17) is 4.74 Å². The molecule has 98 valence electrons. The maximum absolute atomic E-state index is 5.69. The van der Waals surface area contributed by atoms with Crippen molar-refractivity contribution in [2.24, 2.45) is 11.8 Å². The lowest BCUT2D eigenvalue weighted by molar-refractivity contribution is 0.326. The normalized spacial score (nSPS) is 24.3. The summed E-state index contributed by atoms with van der Waals surface area (Å²) in [6.45, 7) is 5.14. The SMILES string of the molecule is Cc1ccc(OCC=CC2CCC(C)CC2)cc1. The highest BCUT2D eigenvalue weighted by atomic mass is 16.5. The van der Waals surface area contributed by atoms with Crippen molar-refractivity contribution in [2.45, 2.75) is 39.5 Å². The molecule has 18 heavy (non-hydrogen) atoms. The Morgan fingerprint density at radius 2 is 1.78 bits per heavy atom. The summed E-state index contributed by atoms with van der Waals surface area (Å²) in [4.78, 5) is 0. The highest BCUT2D eigenvalue weighted by Gasteiger charge is 2.15. The molecule has 1 fully saturated rings. The van der Waals surface area contributed by atoms with Crippen molar-refractivity contribution in [2.75, 3.05) is 6.61 Å². The van der Waals surface area contributed by atoms with Gasteiger partial charge in [-0.15, -0.1) is 0 Å². The van der Waals surface area contributed by atoms with Gasteiger partial charge in [0, 0.05) is 0 Å². The molecule has 0 amide bonds. The minimum absolute atomic E-state index is 0.690. The van der Waals surface area contributed by atoms with Crippen LogP contribution in [0.1, 0.15) is 38.2 Å². The van der Waals surface area contributed by atoms with Gasteiger partial charge in [0.1, 0.15) is 12.4 Å². The highest BCUT2D eigenvalue weighted by molar-refractivity contribution is 5.26. The molecule has 1 aromatic rings. The monoisotopic (exact) mass is 244 g/mol. The molecule has 0 heterocycles. The molecule has 2 rings (SSSR count). The molecule has 1 nitrogen and oxygen atoms in total. The molecule has 0 radical (unpaired) electrons. The van der Waals surface area contributed by atoms with Crippen LogP contribution in [0.2, 0.25) is 0 Å². The highest BCUT2D eigenvalue weighted by Crippen LogP contribution is 2.28. The number of aryl methyl sites for hydroxylation is 1. The van der Waals surface area contributed by atoms with Gasteiger partial charge < -0.3 is 4.74 Å². The summed E-state index contributed by atoms with van der Waals surface area (Å²) < 4.78 is 5.69. The van der Waals surface area contributed by atoms with Crippen LogP contribution in [0.25, 0.3) is 0 Å². The van der Waals surface area contributed by atoms with Crippen LogP contribution in [-0.4, -0.2) is 6.61 Å². The van der Waals surface area contributed by atoms with Crippen LogP contribution in [-0.2, 0) is 0 Å². The zero-order valence-corrected chi connectivity index (χ0v) is 11.6. The second-order valence-electron chi connectivity index (χ2n) is 5.57. The van der Waals surface area contributed by atoms with E-state index in [0.717, 1.165) is 17.6 Å². The number of benzene rings is 1. The Morgan fingerprint density at radius 3 is 2.44 bits per heavy atom. The second kappa shape index (κ2) is 6.63. The molecule has 0 saturated heterocycles. The first-order valence-corrected chi connectivity index (χ1v) is 7.10. The van der Waals surface area contributed by atoms with E-state index in [-0.39, 0.29) is 0 Å². The van der Waals surface area contributed by atoms with Crippen LogP contribution >= 0.6 is 0 Å². The van der Waals surface area contributed by atoms with Gasteiger partial charge in [-0.2, -0.15) is 0 Å². The molecule has 0 unspecified atom stereocenters. The summed E-state index contributed by atoms with van der Waals surface area (Å²) in [5, 5.41) is 0. The third-order valence-corrected chi connectivity index (χ3v) is 3.84. The minimum Gasteiger partial charge on any atom is -0.490 e. The van der Waals surface area contributed by atoms with E-state index in [2.05, 4.69) is 38.1 Å². The lowest BCUT2D eigenvalue weighted by Gasteiger charge is -2.23. The van der Waals surface area contributed by atoms with Crippen LogP contribution in [0, 0.1) is 18.8 Å². The van der Waals surface area contributed by atoms with Crippen molar-refractivity contribution in [1.29, 1.82) is 0 Å². The Morgan fingerprint density at radius 1 is 1.11 bits per heavy atom. The summed E-state index contributed by atoms with van der Waals surface area (Å²) in [6.07, 6.45) is 9.99. The molecule has 1 heteroatoms. The van der Waals surface area contributed by atoms with Crippen LogP contribution in [0.15, 0.2) is 36.4 Å². The zero-order valence-electron chi connectivity index (χ0n) is 11.6. The summed E-state index contributed by atoms with van der Waals surface area (Å²) >= 11 is 0. The summed E-state index contributed by atoms with van der Waals surface area (Å²) in [5.74, 6) is 2.67. The van der Waals surface area contributed by atoms with E-state index >= 15 is 0 Å². The molecular weight excluding hydrogens is 220 g/mol. The van der Waals surface area contributed by atoms with Crippen molar-refractivity contribution < 1.29 is 4.74 Å². The summed E-state index contributed by atoms with van der Waals surface area (Å²) in [6, 6.07) is 8.24. The molecule has 1 aliphatic rings. The number of rotatable bonds is 4. The Labute approximate surface area is 111 Å². The number of allylic oxidation sites excluding steroid dienone is 1. The van der Waals surface area contributed by atoms with Crippen LogP contribution in [0.4, 0.5) is 0 Å². The van der Waals surface area contributed by atoms with E-state index in [1.807, 2.05) is 12.1 Å². The third-order valence-electron chi connectivity index (χ3n) is 3.84. The topological polar surface area (TPSA) is 9.23 Å². The largest absolute Gasteiger partial charge is 0.490 e. The zero-order chi connectivity index (χ0) is 12.8. The third kappa shape index (κ3) is 4.21. The van der Waals surface area contributed by atoms with Crippen LogP contribution in [0.5, 0.6) is 5.75 Å². The molecule has 1 aliphatic carbocycles. The molecular formula is C17H24O. The first-order chi connectivity index (χ1) is 8.74. The fourth-order valence-corrected chi connectivity index (χ4v) is 2.51. The van der Waals surface area contributed by atoms with Gasteiger partial charge in [0.05, 0.1) is 0 Å². The molecule has 0 atom stereocenters. The summed E-state index contributed by atoms with van der Waals surface area (Å²) in [5.41, 5.74) is 1.27. The van der Waals surface area contributed by atoms with Crippen molar-refractivity contribution in [3.63, 3.8) is 0 Å². The standard InChI is InChI=1S/C17H24O/c1-14-5-9-16(10-6-14)4-3-13-18-17-11-7-15(2)8-12-17/h3-4,7-8,11-12,14,16H,5-6,9-10,13H2,1-2H3. The lowest BCUT2D eigenvalue weighted by atomic mass is 9.83. The Hall–Kier alpha value is -1.24. The predicted octanol–water partition coefficient (Wildman–Crippen LogP) is 4.76. The molecule has 0 spiro atoms. The smallest absolute Gasteiger partial charge is 0.119 e. The fourth-order valence-electron chi connectivity index (χ4n) is 2.51. The molecule has 0 bridgehead atoms. The van der Waals surface area contributed by atoms with Gasteiger partial charge in [-0.25, -0.2) is 0 Å². The molecule has 1 aromatic carbocycles. The first kappa shape index (κ1) is 13.2. The number of hydrogen-bond donors (Lipinski definition) is 0. The van der Waals surface area contributed by atoms with E-state index in [0.29, 0.717) is 6.61 Å².